The molecule has 0 aromatic heterocycles. The zero-order valence-corrected chi connectivity index (χ0v) is 14.4. The second kappa shape index (κ2) is 7.79. The summed E-state index contributed by atoms with van der Waals surface area (Å²) in [7, 11) is -1.83. The molecular formula is C16H24N2O4S. The first-order valence-corrected chi connectivity index (χ1v) is 9.42. The number of ether oxygens (including phenoxy) is 1. The van der Waals surface area contributed by atoms with Crippen LogP contribution < -0.4 is 10.1 Å². The van der Waals surface area contributed by atoms with E-state index < -0.39 is 9.84 Å². The van der Waals surface area contributed by atoms with E-state index in [0.717, 1.165) is 19.4 Å². The van der Waals surface area contributed by atoms with Crippen molar-refractivity contribution in [1.82, 2.24) is 10.2 Å². The Morgan fingerprint density at radius 1 is 1.43 bits per heavy atom. The number of hydrogen-bond acceptors (Lipinski definition) is 5. The third kappa shape index (κ3) is 5.21. The normalized spacial score (nSPS) is 19.3. The van der Waals surface area contributed by atoms with Gasteiger partial charge >= 0.3 is 0 Å². The molecule has 0 spiro atoms. The van der Waals surface area contributed by atoms with Gasteiger partial charge in [0.1, 0.15) is 5.75 Å². The summed E-state index contributed by atoms with van der Waals surface area (Å²) in [6.45, 7) is 3.54. The Labute approximate surface area is 137 Å². The molecule has 1 aliphatic heterocycles. The van der Waals surface area contributed by atoms with Crippen LogP contribution in [-0.4, -0.2) is 57.8 Å². The molecule has 1 amide bonds. The van der Waals surface area contributed by atoms with E-state index >= 15 is 0 Å². The summed E-state index contributed by atoms with van der Waals surface area (Å²) in [4.78, 5) is 13.5. The number of carbonyl (C=O) groups is 1. The van der Waals surface area contributed by atoms with Gasteiger partial charge < -0.3 is 15.0 Å². The van der Waals surface area contributed by atoms with Crippen LogP contribution in [0.1, 0.15) is 19.8 Å². The zero-order chi connectivity index (χ0) is 16.9. The maximum absolute atomic E-state index is 12.5. The first-order chi connectivity index (χ1) is 10.9. The third-order valence-electron chi connectivity index (χ3n) is 3.99. The fourth-order valence-electron chi connectivity index (χ4n) is 2.83. The van der Waals surface area contributed by atoms with Crippen molar-refractivity contribution in [1.29, 1.82) is 0 Å². The first kappa shape index (κ1) is 17.7. The van der Waals surface area contributed by atoms with Gasteiger partial charge in [0.25, 0.3) is 0 Å². The van der Waals surface area contributed by atoms with Gasteiger partial charge in [-0.15, -0.1) is 0 Å². The molecule has 7 heteroatoms. The summed E-state index contributed by atoms with van der Waals surface area (Å²) in [6, 6.07) is 6.65. The Morgan fingerprint density at radius 2 is 2.22 bits per heavy atom. The highest BCUT2D eigenvalue weighted by Crippen LogP contribution is 2.19. The Hall–Kier alpha value is -1.60. The number of amides is 1. The van der Waals surface area contributed by atoms with E-state index in [1.807, 2.05) is 0 Å². The van der Waals surface area contributed by atoms with E-state index in [4.69, 9.17) is 4.74 Å². The van der Waals surface area contributed by atoms with Gasteiger partial charge in [-0.2, -0.15) is 0 Å². The van der Waals surface area contributed by atoms with Crippen molar-refractivity contribution >= 4 is 15.7 Å². The number of benzene rings is 1. The largest absolute Gasteiger partial charge is 0.497 e. The topological polar surface area (TPSA) is 75.7 Å². The average molecular weight is 340 g/mol. The van der Waals surface area contributed by atoms with Crippen LogP contribution >= 0.6 is 0 Å². The molecule has 1 aromatic rings. The number of carbonyl (C=O) groups excluding carboxylic acids is 1. The molecule has 1 heterocycles. The molecule has 0 saturated carbocycles. The molecule has 0 aliphatic carbocycles. The van der Waals surface area contributed by atoms with E-state index in [2.05, 4.69) is 10.2 Å². The molecule has 1 aliphatic rings. The van der Waals surface area contributed by atoms with Crippen molar-refractivity contribution in [2.75, 3.05) is 32.5 Å². The lowest BCUT2D eigenvalue weighted by Gasteiger charge is -2.32. The molecule has 1 saturated heterocycles. The van der Waals surface area contributed by atoms with Gasteiger partial charge in [0.05, 0.1) is 17.8 Å². The van der Waals surface area contributed by atoms with Crippen molar-refractivity contribution in [2.45, 2.75) is 30.7 Å². The number of hydrogen-bond donors (Lipinski definition) is 1. The quantitative estimate of drug-likeness (QED) is 0.838. The van der Waals surface area contributed by atoms with E-state index in [9.17, 15) is 13.2 Å². The van der Waals surface area contributed by atoms with Gasteiger partial charge in [-0.1, -0.05) is 6.07 Å². The van der Waals surface area contributed by atoms with Gasteiger partial charge in [0.15, 0.2) is 9.84 Å². The van der Waals surface area contributed by atoms with Crippen LogP contribution in [0, 0.1) is 0 Å². The smallest absolute Gasteiger partial charge is 0.217 e. The first-order valence-electron chi connectivity index (χ1n) is 7.77. The van der Waals surface area contributed by atoms with Crippen molar-refractivity contribution in [3.05, 3.63) is 24.3 Å². The summed E-state index contributed by atoms with van der Waals surface area (Å²) in [5.41, 5.74) is 0. The summed E-state index contributed by atoms with van der Waals surface area (Å²) in [6.07, 6.45) is 1.91. The zero-order valence-electron chi connectivity index (χ0n) is 13.6. The molecule has 1 aromatic carbocycles. The number of methoxy groups -OCH3 is 1. The molecule has 1 unspecified atom stereocenters. The standard InChI is InChI=1S/C16H24N2O4S/c1-13(19)17-14-5-4-8-18(12-14)9-10-23(20,21)16-7-3-6-15(11-16)22-2/h3,6-7,11,14H,4-5,8-10,12H2,1-2H3,(H,17,19). The number of nitrogens with zero attached hydrogens (tertiary/aromatic N) is 1. The Bertz CT molecular complexity index is 645. The minimum atomic E-state index is -3.34. The number of likely N-dealkylation sites (tertiary alicyclic amines) is 1. The molecule has 128 valence electrons. The van der Waals surface area contributed by atoms with Gasteiger partial charge in [0, 0.05) is 26.1 Å². The molecule has 2 rings (SSSR count). The SMILES string of the molecule is COc1cccc(S(=O)(=O)CCN2CCCC(NC(C)=O)C2)c1. The van der Waals surface area contributed by atoms with Gasteiger partial charge in [-0.3, -0.25) is 4.79 Å². The fourth-order valence-corrected chi connectivity index (χ4v) is 4.14. The van der Waals surface area contributed by atoms with E-state index in [-0.39, 0.29) is 22.6 Å². The minimum Gasteiger partial charge on any atom is -0.497 e. The molecule has 1 atom stereocenters. The van der Waals surface area contributed by atoms with E-state index in [1.165, 1.54) is 14.0 Å². The van der Waals surface area contributed by atoms with Crippen LogP contribution in [0.4, 0.5) is 0 Å². The lowest BCUT2D eigenvalue weighted by molar-refractivity contribution is -0.120. The van der Waals surface area contributed by atoms with Crippen molar-refractivity contribution in [2.24, 2.45) is 0 Å². The van der Waals surface area contributed by atoms with Crippen LogP contribution in [0.25, 0.3) is 0 Å². The van der Waals surface area contributed by atoms with Crippen LogP contribution in [0.5, 0.6) is 5.75 Å². The highest BCUT2D eigenvalue weighted by Gasteiger charge is 2.23. The maximum atomic E-state index is 12.5. The number of piperidine rings is 1. The summed E-state index contributed by atoms with van der Waals surface area (Å²) in [5.74, 6) is 0.558. The maximum Gasteiger partial charge on any atom is 0.217 e. The summed E-state index contributed by atoms with van der Waals surface area (Å²) in [5, 5.41) is 2.91. The summed E-state index contributed by atoms with van der Waals surface area (Å²) < 4.78 is 30.0. The third-order valence-corrected chi connectivity index (χ3v) is 5.68. The van der Waals surface area contributed by atoms with Gasteiger partial charge in [-0.05, 0) is 37.6 Å². The van der Waals surface area contributed by atoms with Gasteiger partial charge in [-0.25, -0.2) is 8.42 Å². The fraction of sp³-hybridized carbons (Fsp3) is 0.562. The molecule has 1 N–H and O–H groups in total. The average Bonchev–Trinajstić information content (AvgIpc) is 2.53. The van der Waals surface area contributed by atoms with Crippen LogP contribution in [0.15, 0.2) is 29.2 Å². The highest BCUT2D eigenvalue weighted by atomic mass is 32.2. The molecule has 6 nitrogen and oxygen atoms in total. The van der Waals surface area contributed by atoms with E-state index in [1.54, 1.807) is 24.3 Å². The lowest BCUT2D eigenvalue weighted by atomic mass is 10.1. The van der Waals surface area contributed by atoms with E-state index in [0.29, 0.717) is 18.8 Å². The Balaban J connectivity index is 1.94. The van der Waals surface area contributed by atoms with Crippen molar-refractivity contribution < 1.29 is 17.9 Å². The highest BCUT2D eigenvalue weighted by molar-refractivity contribution is 7.91. The van der Waals surface area contributed by atoms with Crippen molar-refractivity contribution in [3.63, 3.8) is 0 Å². The Kier molecular flexibility index (Phi) is 6.01. The molecule has 1 fully saturated rings. The number of sulfone groups is 1. The summed E-state index contributed by atoms with van der Waals surface area (Å²) >= 11 is 0. The molecule has 0 bridgehead atoms. The predicted molar refractivity (Wildman–Crippen MR) is 88.3 cm³/mol. The predicted octanol–water partition coefficient (Wildman–Crippen LogP) is 1.07. The Morgan fingerprint density at radius 3 is 2.91 bits per heavy atom. The monoisotopic (exact) mass is 340 g/mol. The number of rotatable bonds is 6. The number of nitrogens with one attached hydrogen (secondary N) is 1. The van der Waals surface area contributed by atoms with Crippen LogP contribution in [0.3, 0.4) is 0 Å². The second-order valence-corrected chi connectivity index (χ2v) is 7.95. The van der Waals surface area contributed by atoms with Gasteiger partial charge in [0.2, 0.25) is 5.91 Å². The van der Waals surface area contributed by atoms with Crippen molar-refractivity contribution in [3.8, 4) is 5.75 Å². The lowest BCUT2D eigenvalue weighted by Crippen LogP contribution is -2.48. The molecular weight excluding hydrogens is 316 g/mol. The molecule has 23 heavy (non-hydrogen) atoms. The van der Waals surface area contributed by atoms with Crippen LogP contribution in [-0.2, 0) is 14.6 Å². The molecule has 0 radical (unpaired) electrons. The van der Waals surface area contributed by atoms with Crippen LogP contribution in [0.2, 0.25) is 0 Å². The second-order valence-electron chi connectivity index (χ2n) is 5.84. The minimum absolute atomic E-state index is 0.0409.